The number of hydrogen-bond donors (Lipinski definition) is 3. The van der Waals surface area contributed by atoms with E-state index in [-0.39, 0.29) is 24.8 Å². The van der Waals surface area contributed by atoms with E-state index < -0.39 is 12.0 Å². The standard InChI is InChI=1S/C26H26N4O4/c31-24(32)15-23-26(34)30(13-11-18-6-2-1-3-7-18)17-20-10-9-19(14-22(20)29-23)25(33)28-16-21-8-4-5-12-27-21/h1-10,12,14,23,29H,11,13,15-17H2,(H,28,33)(H,31,32). The molecule has 8 heteroatoms. The number of anilines is 1. The zero-order chi connectivity index (χ0) is 23.9. The summed E-state index contributed by atoms with van der Waals surface area (Å²) < 4.78 is 0. The monoisotopic (exact) mass is 458 g/mol. The summed E-state index contributed by atoms with van der Waals surface area (Å²) in [5.41, 5.74) is 3.68. The first-order valence-electron chi connectivity index (χ1n) is 11.1. The van der Waals surface area contributed by atoms with Crippen LogP contribution in [-0.2, 0) is 29.1 Å². The summed E-state index contributed by atoms with van der Waals surface area (Å²) in [5.74, 6) is -1.61. The van der Waals surface area contributed by atoms with E-state index in [1.54, 1.807) is 29.3 Å². The van der Waals surface area contributed by atoms with Gasteiger partial charge in [-0.05, 0) is 41.8 Å². The molecule has 0 bridgehead atoms. The maximum Gasteiger partial charge on any atom is 0.305 e. The number of pyridine rings is 1. The van der Waals surface area contributed by atoms with Crippen molar-refractivity contribution < 1.29 is 19.5 Å². The minimum Gasteiger partial charge on any atom is -0.481 e. The molecule has 0 saturated heterocycles. The van der Waals surface area contributed by atoms with E-state index in [0.29, 0.717) is 30.8 Å². The summed E-state index contributed by atoms with van der Waals surface area (Å²) in [6, 6.07) is 19.6. The summed E-state index contributed by atoms with van der Waals surface area (Å²) in [5, 5.41) is 15.3. The van der Waals surface area contributed by atoms with Crippen LogP contribution in [0.15, 0.2) is 72.9 Å². The van der Waals surface area contributed by atoms with E-state index in [1.807, 2.05) is 48.5 Å². The fourth-order valence-corrected chi connectivity index (χ4v) is 3.93. The molecule has 34 heavy (non-hydrogen) atoms. The Hall–Kier alpha value is -4.20. The van der Waals surface area contributed by atoms with Crippen LogP contribution in [0.3, 0.4) is 0 Å². The molecule has 8 nitrogen and oxygen atoms in total. The summed E-state index contributed by atoms with van der Waals surface area (Å²) in [6.45, 7) is 1.09. The van der Waals surface area contributed by atoms with E-state index in [2.05, 4.69) is 15.6 Å². The van der Waals surface area contributed by atoms with Crippen molar-refractivity contribution in [2.24, 2.45) is 0 Å². The maximum atomic E-state index is 13.2. The van der Waals surface area contributed by atoms with Crippen LogP contribution in [0, 0.1) is 0 Å². The molecule has 3 N–H and O–H groups in total. The molecule has 1 aliphatic rings. The number of nitrogens with zero attached hydrogens (tertiary/aromatic N) is 2. The zero-order valence-electron chi connectivity index (χ0n) is 18.6. The van der Waals surface area contributed by atoms with Gasteiger partial charge in [-0.3, -0.25) is 19.4 Å². The first-order valence-corrected chi connectivity index (χ1v) is 11.1. The number of carbonyl (C=O) groups excluding carboxylic acids is 2. The van der Waals surface area contributed by atoms with Gasteiger partial charge in [-0.1, -0.05) is 42.5 Å². The second kappa shape index (κ2) is 10.6. The van der Waals surface area contributed by atoms with E-state index >= 15 is 0 Å². The molecule has 0 spiro atoms. The van der Waals surface area contributed by atoms with Crippen LogP contribution in [0.1, 0.15) is 33.6 Å². The second-order valence-corrected chi connectivity index (χ2v) is 8.17. The van der Waals surface area contributed by atoms with Gasteiger partial charge in [0, 0.05) is 30.5 Å². The van der Waals surface area contributed by atoms with Crippen molar-refractivity contribution in [2.75, 3.05) is 11.9 Å². The van der Waals surface area contributed by atoms with Crippen LogP contribution in [0.5, 0.6) is 0 Å². The molecule has 174 valence electrons. The van der Waals surface area contributed by atoms with Crippen LogP contribution < -0.4 is 10.6 Å². The molecule has 0 saturated carbocycles. The molecule has 3 aromatic rings. The smallest absolute Gasteiger partial charge is 0.305 e. The normalized spacial score (nSPS) is 15.1. The van der Waals surface area contributed by atoms with Gasteiger partial charge in [-0.25, -0.2) is 0 Å². The highest BCUT2D eigenvalue weighted by atomic mass is 16.4. The highest BCUT2D eigenvalue weighted by molar-refractivity contribution is 5.96. The fraction of sp³-hybridized carbons (Fsp3) is 0.231. The molecule has 1 unspecified atom stereocenters. The lowest BCUT2D eigenvalue weighted by Crippen LogP contribution is -2.42. The average molecular weight is 459 g/mol. The number of aromatic nitrogens is 1. The van der Waals surface area contributed by atoms with Crippen molar-refractivity contribution in [3.05, 3.63) is 95.3 Å². The van der Waals surface area contributed by atoms with Crippen molar-refractivity contribution in [1.82, 2.24) is 15.2 Å². The number of rotatable bonds is 8. The molecular weight excluding hydrogens is 432 g/mol. The highest BCUT2D eigenvalue weighted by Crippen LogP contribution is 2.26. The number of carbonyl (C=O) groups is 3. The summed E-state index contributed by atoms with van der Waals surface area (Å²) in [7, 11) is 0. The Labute approximate surface area is 197 Å². The lowest BCUT2D eigenvalue weighted by Gasteiger charge is -2.24. The molecular formula is C26H26N4O4. The number of aliphatic carboxylic acids is 1. The predicted octanol–water partition coefficient (Wildman–Crippen LogP) is 2.85. The number of nitrogens with one attached hydrogen (secondary N) is 2. The molecule has 0 aliphatic carbocycles. The molecule has 2 aromatic carbocycles. The van der Waals surface area contributed by atoms with Gasteiger partial charge in [0.25, 0.3) is 5.91 Å². The Kier molecular flexibility index (Phi) is 7.17. The Bertz CT molecular complexity index is 1170. The Morgan fingerprint density at radius 2 is 1.88 bits per heavy atom. The molecule has 0 fully saturated rings. The van der Waals surface area contributed by atoms with E-state index in [4.69, 9.17) is 0 Å². The Morgan fingerprint density at radius 3 is 2.62 bits per heavy atom. The zero-order valence-corrected chi connectivity index (χ0v) is 18.6. The minimum atomic E-state index is -1.07. The Morgan fingerprint density at radius 1 is 1.09 bits per heavy atom. The summed E-state index contributed by atoms with van der Waals surface area (Å²) >= 11 is 0. The predicted molar refractivity (Wildman–Crippen MR) is 127 cm³/mol. The van der Waals surface area contributed by atoms with Gasteiger partial charge in [-0.2, -0.15) is 0 Å². The van der Waals surface area contributed by atoms with Crippen LogP contribution in [0.2, 0.25) is 0 Å². The quantitative estimate of drug-likeness (QED) is 0.479. The van der Waals surface area contributed by atoms with Gasteiger partial charge in [0.1, 0.15) is 6.04 Å². The third-order valence-electron chi connectivity index (χ3n) is 5.72. The number of carboxylic acids is 1. The van der Waals surface area contributed by atoms with Crippen LogP contribution in [-0.4, -0.2) is 45.4 Å². The largest absolute Gasteiger partial charge is 0.481 e. The third kappa shape index (κ3) is 5.78. The number of amides is 2. The second-order valence-electron chi connectivity index (χ2n) is 8.17. The van der Waals surface area contributed by atoms with Gasteiger partial charge >= 0.3 is 5.97 Å². The molecule has 0 radical (unpaired) electrons. The molecule has 2 amide bonds. The highest BCUT2D eigenvalue weighted by Gasteiger charge is 2.31. The van der Waals surface area contributed by atoms with Crippen LogP contribution in [0.4, 0.5) is 5.69 Å². The molecule has 4 rings (SSSR count). The Balaban J connectivity index is 1.52. The van der Waals surface area contributed by atoms with Crippen molar-refractivity contribution in [1.29, 1.82) is 0 Å². The van der Waals surface area contributed by atoms with Gasteiger partial charge in [0.15, 0.2) is 0 Å². The van der Waals surface area contributed by atoms with Crippen molar-refractivity contribution in [2.45, 2.75) is 32.0 Å². The van der Waals surface area contributed by atoms with Crippen molar-refractivity contribution >= 4 is 23.5 Å². The molecule has 1 aliphatic heterocycles. The fourth-order valence-electron chi connectivity index (χ4n) is 3.93. The number of benzene rings is 2. The molecule has 1 aromatic heterocycles. The van der Waals surface area contributed by atoms with Crippen molar-refractivity contribution in [3.63, 3.8) is 0 Å². The van der Waals surface area contributed by atoms with E-state index in [0.717, 1.165) is 16.8 Å². The first-order chi connectivity index (χ1) is 16.5. The van der Waals surface area contributed by atoms with Gasteiger partial charge in [-0.15, -0.1) is 0 Å². The number of carboxylic acid groups (broad SMARTS) is 1. The van der Waals surface area contributed by atoms with E-state index in [1.165, 1.54) is 0 Å². The van der Waals surface area contributed by atoms with Gasteiger partial charge < -0.3 is 20.6 Å². The maximum absolute atomic E-state index is 13.2. The van der Waals surface area contributed by atoms with Crippen LogP contribution >= 0.6 is 0 Å². The summed E-state index contributed by atoms with van der Waals surface area (Å²) in [6.07, 6.45) is 1.98. The van der Waals surface area contributed by atoms with E-state index in [9.17, 15) is 19.5 Å². The lowest BCUT2D eigenvalue weighted by atomic mass is 10.1. The summed E-state index contributed by atoms with van der Waals surface area (Å²) in [4.78, 5) is 43.2. The topological polar surface area (TPSA) is 112 Å². The lowest BCUT2D eigenvalue weighted by molar-refractivity contribution is -0.141. The first kappa shape index (κ1) is 23.0. The van der Waals surface area contributed by atoms with Gasteiger partial charge in [0.2, 0.25) is 5.91 Å². The van der Waals surface area contributed by atoms with Crippen molar-refractivity contribution in [3.8, 4) is 0 Å². The number of hydrogen-bond acceptors (Lipinski definition) is 5. The molecule has 1 atom stereocenters. The minimum absolute atomic E-state index is 0.268. The number of fused-ring (bicyclic) bond motifs is 1. The molecule has 2 heterocycles. The SMILES string of the molecule is O=C(O)CC1Nc2cc(C(=O)NCc3ccccn3)ccc2CN(CCc2ccccc2)C1=O. The van der Waals surface area contributed by atoms with Gasteiger partial charge in [0.05, 0.1) is 18.7 Å². The van der Waals surface area contributed by atoms with Crippen LogP contribution in [0.25, 0.3) is 0 Å². The third-order valence-corrected chi connectivity index (χ3v) is 5.72. The average Bonchev–Trinajstić information content (AvgIpc) is 2.98.